The van der Waals surface area contributed by atoms with Crippen molar-refractivity contribution in [3.63, 3.8) is 0 Å². The van der Waals surface area contributed by atoms with Crippen LogP contribution in [0.1, 0.15) is 23.2 Å². The molecule has 0 aliphatic carbocycles. The number of quaternary nitrogens is 1. The van der Waals surface area contributed by atoms with E-state index in [1.807, 2.05) is 54.7 Å². The van der Waals surface area contributed by atoms with E-state index in [0.29, 0.717) is 31.7 Å². The van der Waals surface area contributed by atoms with E-state index in [1.165, 1.54) is 11.0 Å². The highest BCUT2D eigenvalue weighted by Gasteiger charge is 2.18. The van der Waals surface area contributed by atoms with Crippen molar-refractivity contribution in [2.24, 2.45) is 0 Å². The van der Waals surface area contributed by atoms with Crippen LogP contribution in [0, 0.1) is 5.82 Å². The second kappa shape index (κ2) is 11.6. The van der Waals surface area contributed by atoms with Crippen molar-refractivity contribution in [3.8, 4) is 0 Å². The van der Waals surface area contributed by atoms with Crippen molar-refractivity contribution < 1.29 is 19.1 Å². The Kier molecular flexibility index (Phi) is 8.63. The van der Waals surface area contributed by atoms with Crippen molar-refractivity contribution in [1.29, 1.82) is 0 Å². The summed E-state index contributed by atoms with van der Waals surface area (Å²) in [4.78, 5) is 1.30. The number of aliphatic hydroxyl groups is 1. The first kappa shape index (κ1) is 22.2. The van der Waals surface area contributed by atoms with Crippen LogP contribution in [-0.2, 0) is 24.2 Å². The molecule has 0 saturated heterocycles. The fourth-order valence-corrected chi connectivity index (χ4v) is 3.85. The zero-order valence-electron chi connectivity index (χ0n) is 17.6. The number of ether oxygens (including phenoxy) is 1. The predicted molar refractivity (Wildman–Crippen MR) is 117 cm³/mol. The molecular formula is C25H32FN2O2+. The summed E-state index contributed by atoms with van der Waals surface area (Å²) in [6.45, 7) is 3.55. The largest absolute Gasteiger partial charge is 0.387 e. The molecule has 2 N–H and O–H groups in total. The lowest BCUT2D eigenvalue weighted by atomic mass is 10.1. The minimum absolute atomic E-state index is 0.181. The summed E-state index contributed by atoms with van der Waals surface area (Å²) in [6.07, 6.45) is 3.15. The van der Waals surface area contributed by atoms with Crippen LogP contribution < -0.4 is 4.90 Å². The molecule has 1 aromatic heterocycles. The fourth-order valence-electron chi connectivity index (χ4n) is 3.85. The van der Waals surface area contributed by atoms with Crippen molar-refractivity contribution in [2.75, 3.05) is 26.8 Å². The van der Waals surface area contributed by atoms with Crippen LogP contribution in [0.3, 0.4) is 0 Å². The normalized spacial score (nSPS) is 13.3. The lowest BCUT2D eigenvalue weighted by Crippen LogP contribution is -3.12. The standard InChI is InChI=1S/C25H31FN2O2/c1-30-16-8-14-27(20-24(29)17-21-9-3-2-4-10-21)19-23-12-7-15-28(23)18-22-11-5-6-13-25(22)26/h2-7,9-13,15,24,29H,8,14,16-20H2,1H3/p+1/t24-/m0/s1. The Hall–Kier alpha value is -2.47. The number of rotatable bonds is 12. The minimum Gasteiger partial charge on any atom is -0.387 e. The van der Waals surface area contributed by atoms with Gasteiger partial charge in [0.2, 0.25) is 0 Å². The molecular weight excluding hydrogens is 379 g/mol. The molecule has 1 unspecified atom stereocenters. The van der Waals surface area contributed by atoms with Crippen molar-refractivity contribution in [1.82, 2.24) is 4.57 Å². The maximum atomic E-state index is 14.1. The molecule has 0 radical (unpaired) electrons. The van der Waals surface area contributed by atoms with Gasteiger partial charge in [-0.2, -0.15) is 0 Å². The highest BCUT2D eigenvalue weighted by molar-refractivity contribution is 5.19. The van der Waals surface area contributed by atoms with Gasteiger partial charge in [-0.05, 0) is 23.8 Å². The van der Waals surface area contributed by atoms with Crippen molar-refractivity contribution in [2.45, 2.75) is 32.0 Å². The number of nitrogens with zero attached hydrogens (tertiary/aromatic N) is 1. The number of hydrogen-bond donors (Lipinski definition) is 2. The molecule has 3 aromatic rings. The van der Waals surface area contributed by atoms with Crippen LogP contribution in [0.5, 0.6) is 0 Å². The molecule has 2 atom stereocenters. The summed E-state index contributed by atoms with van der Waals surface area (Å²) >= 11 is 0. The van der Waals surface area contributed by atoms with E-state index in [2.05, 4.69) is 10.6 Å². The first-order valence-electron chi connectivity index (χ1n) is 10.6. The van der Waals surface area contributed by atoms with Crippen LogP contribution in [-0.4, -0.2) is 42.6 Å². The molecule has 0 saturated carbocycles. The molecule has 2 aromatic carbocycles. The number of benzene rings is 2. The van der Waals surface area contributed by atoms with Crippen LogP contribution in [0.15, 0.2) is 72.9 Å². The zero-order chi connectivity index (χ0) is 21.2. The number of methoxy groups -OCH3 is 1. The van der Waals surface area contributed by atoms with Gasteiger partial charge in [0.1, 0.15) is 25.0 Å². The molecule has 5 heteroatoms. The number of aromatic nitrogens is 1. The van der Waals surface area contributed by atoms with Gasteiger partial charge in [0.05, 0.1) is 25.4 Å². The second-order valence-corrected chi connectivity index (χ2v) is 7.79. The Labute approximate surface area is 178 Å². The van der Waals surface area contributed by atoms with Gasteiger partial charge in [-0.25, -0.2) is 4.39 Å². The summed E-state index contributed by atoms with van der Waals surface area (Å²) in [5.74, 6) is -0.181. The molecule has 0 amide bonds. The Morgan fingerprint density at radius 2 is 1.80 bits per heavy atom. The fraction of sp³-hybridized carbons (Fsp3) is 0.360. The highest BCUT2D eigenvalue weighted by atomic mass is 19.1. The van der Waals surface area contributed by atoms with E-state index in [9.17, 15) is 9.50 Å². The number of halogens is 1. The molecule has 1 heterocycles. The summed E-state index contributed by atoms with van der Waals surface area (Å²) in [6, 6.07) is 21.1. The summed E-state index contributed by atoms with van der Waals surface area (Å²) in [5.41, 5.74) is 2.96. The van der Waals surface area contributed by atoms with Gasteiger partial charge in [-0.1, -0.05) is 48.5 Å². The third kappa shape index (κ3) is 6.80. The van der Waals surface area contributed by atoms with Gasteiger partial charge >= 0.3 is 0 Å². The van der Waals surface area contributed by atoms with E-state index >= 15 is 0 Å². The van der Waals surface area contributed by atoms with E-state index < -0.39 is 6.10 Å². The second-order valence-electron chi connectivity index (χ2n) is 7.79. The first-order valence-corrected chi connectivity index (χ1v) is 10.6. The maximum Gasteiger partial charge on any atom is 0.128 e. The molecule has 160 valence electrons. The van der Waals surface area contributed by atoms with Crippen LogP contribution in [0.4, 0.5) is 4.39 Å². The van der Waals surface area contributed by atoms with E-state index in [0.717, 1.165) is 30.8 Å². The highest BCUT2D eigenvalue weighted by Crippen LogP contribution is 2.11. The van der Waals surface area contributed by atoms with E-state index in [1.54, 1.807) is 13.2 Å². The van der Waals surface area contributed by atoms with E-state index in [4.69, 9.17) is 4.74 Å². The molecule has 0 aliphatic heterocycles. The van der Waals surface area contributed by atoms with Crippen LogP contribution in [0.2, 0.25) is 0 Å². The van der Waals surface area contributed by atoms with Crippen LogP contribution in [0.25, 0.3) is 0 Å². The van der Waals surface area contributed by atoms with Gasteiger partial charge < -0.3 is 19.3 Å². The molecule has 0 aliphatic rings. The van der Waals surface area contributed by atoms with Gasteiger partial charge in [0.15, 0.2) is 0 Å². The number of hydrogen-bond acceptors (Lipinski definition) is 2. The molecule has 4 nitrogen and oxygen atoms in total. The topological polar surface area (TPSA) is 38.8 Å². The predicted octanol–water partition coefficient (Wildman–Crippen LogP) is 2.70. The quantitative estimate of drug-likeness (QED) is 0.450. The molecule has 3 rings (SSSR count). The Bertz CT molecular complexity index is 882. The average molecular weight is 412 g/mol. The summed E-state index contributed by atoms with van der Waals surface area (Å²) < 4.78 is 21.4. The maximum absolute atomic E-state index is 14.1. The smallest absolute Gasteiger partial charge is 0.128 e. The third-order valence-corrected chi connectivity index (χ3v) is 5.37. The Morgan fingerprint density at radius 1 is 1.03 bits per heavy atom. The lowest BCUT2D eigenvalue weighted by Gasteiger charge is -2.23. The number of nitrogens with one attached hydrogen (secondary N) is 1. The Balaban J connectivity index is 1.66. The Morgan fingerprint density at radius 3 is 2.57 bits per heavy atom. The molecule has 0 fully saturated rings. The van der Waals surface area contributed by atoms with Crippen molar-refractivity contribution >= 4 is 0 Å². The van der Waals surface area contributed by atoms with Gasteiger partial charge in [0, 0.05) is 31.7 Å². The molecule has 0 bridgehead atoms. The van der Waals surface area contributed by atoms with Gasteiger partial charge in [-0.3, -0.25) is 0 Å². The SMILES string of the molecule is COCCC[NH+](Cc1cccn1Cc1ccccc1F)C[C@@H](O)Cc1ccccc1. The zero-order valence-corrected chi connectivity index (χ0v) is 17.6. The third-order valence-electron chi connectivity index (χ3n) is 5.37. The minimum atomic E-state index is -0.417. The molecule has 0 spiro atoms. The first-order chi connectivity index (χ1) is 14.7. The number of aliphatic hydroxyl groups excluding tert-OH is 1. The summed E-state index contributed by atoms with van der Waals surface area (Å²) in [5, 5.41) is 10.7. The van der Waals surface area contributed by atoms with Crippen molar-refractivity contribution in [3.05, 3.63) is 95.6 Å². The van der Waals surface area contributed by atoms with E-state index in [-0.39, 0.29) is 5.82 Å². The average Bonchev–Trinajstić information content (AvgIpc) is 3.17. The van der Waals surface area contributed by atoms with Gasteiger partial charge in [0.25, 0.3) is 0 Å². The summed E-state index contributed by atoms with van der Waals surface area (Å²) in [7, 11) is 1.71. The molecule has 30 heavy (non-hydrogen) atoms. The van der Waals surface area contributed by atoms with Gasteiger partial charge in [-0.15, -0.1) is 0 Å². The monoisotopic (exact) mass is 411 g/mol. The van der Waals surface area contributed by atoms with Crippen LogP contribution >= 0.6 is 0 Å². The lowest BCUT2D eigenvalue weighted by molar-refractivity contribution is -0.917.